The Morgan fingerprint density at radius 3 is 2.41 bits per heavy atom. The second-order valence-corrected chi connectivity index (χ2v) is 5.37. The number of benzene rings is 1. The van der Waals surface area contributed by atoms with Crippen LogP contribution in [0.1, 0.15) is 19.4 Å². The van der Waals surface area contributed by atoms with Crippen LogP contribution in [0.4, 0.5) is 0 Å². The maximum Gasteiger partial charge on any atom is 0.262 e. The van der Waals surface area contributed by atoms with Gasteiger partial charge in [-0.25, -0.2) is 0 Å². The number of ether oxygens (including phenoxy) is 1. The lowest BCUT2D eigenvalue weighted by molar-refractivity contribution is -0.117. The molecule has 0 atom stereocenters. The molecule has 0 heterocycles. The van der Waals surface area contributed by atoms with E-state index in [4.69, 9.17) is 38.5 Å². The van der Waals surface area contributed by atoms with Crippen LogP contribution in [0.3, 0.4) is 0 Å². The summed E-state index contributed by atoms with van der Waals surface area (Å²) < 4.78 is 5.11. The zero-order valence-electron chi connectivity index (χ0n) is 12.0. The van der Waals surface area contributed by atoms with Crippen LogP contribution in [0.5, 0.6) is 5.75 Å². The SMILES string of the molecule is CC(C)NC(=O)/C(C#N)=C\c1cc(Cl)c(OCC#N)c(Cl)c1. The van der Waals surface area contributed by atoms with Crippen LogP contribution in [0.2, 0.25) is 10.0 Å². The number of nitrogens with zero attached hydrogens (tertiary/aromatic N) is 2. The van der Waals surface area contributed by atoms with Gasteiger partial charge in [0.25, 0.3) is 5.91 Å². The summed E-state index contributed by atoms with van der Waals surface area (Å²) in [6.07, 6.45) is 1.38. The minimum Gasteiger partial charge on any atom is -0.476 e. The maximum absolute atomic E-state index is 11.8. The Labute approximate surface area is 138 Å². The molecule has 7 heteroatoms. The highest BCUT2D eigenvalue weighted by Gasteiger charge is 2.13. The average Bonchev–Trinajstić information content (AvgIpc) is 2.43. The van der Waals surface area contributed by atoms with Crippen LogP contribution in [0.15, 0.2) is 17.7 Å². The van der Waals surface area contributed by atoms with Crippen LogP contribution >= 0.6 is 23.2 Å². The largest absolute Gasteiger partial charge is 0.476 e. The van der Waals surface area contributed by atoms with Crippen LogP contribution in [-0.2, 0) is 4.79 Å². The van der Waals surface area contributed by atoms with E-state index in [1.165, 1.54) is 18.2 Å². The van der Waals surface area contributed by atoms with Crippen molar-refractivity contribution in [2.75, 3.05) is 6.61 Å². The predicted molar refractivity (Wildman–Crippen MR) is 84.4 cm³/mol. The summed E-state index contributed by atoms with van der Waals surface area (Å²) in [4.78, 5) is 11.8. The first-order valence-electron chi connectivity index (χ1n) is 6.30. The molecule has 0 aliphatic heterocycles. The molecule has 0 fully saturated rings. The number of hydrogen-bond donors (Lipinski definition) is 1. The fraction of sp³-hybridized carbons (Fsp3) is 0.267. The fourth-order valence-electron chi connectivity index (χ4n) is 1.56. The van der Waals surface area contributed by atoms with Crippen molar-refractivity contribution < 1.29 is 9.53 Å². The Morgan fingerprint density at radius 1 is 1.36 bits per heavy atom. The summed E-state index contributed by atoms with van der Waals surface area (Å²) in [5.41, 5.74) is 0.418. The second-order valence-electron chi connectivity index (χ2n) is 4.56. The van der Waals surface area contributed by atoms with Crippen LogP contribution in [-0.4, -0.2) is 18.6 Å². The van der Waals surface area contributed by atoms with Crippen LogP contribution in [0, 0.1) is 22.7 Å². The highest BCUT2D eigenvalue weighted by molar-refractivity contribution is 6.37. The second kappa shape index (κ2) is 8.29. The normalized spacial score (nSPS) is 10.8. The lowest BCUT2D eigenvalue weighted by Crippen LogP contribution is -2.30. The molecule has 1 aromatic carbocycles. The highest BCUT2D eigenvalue weighted by Crippen LogP contribution is 2.34. The van der Waals surface area contributed by atoms with Gasteiger partial charge in [-0.2, -0.15) is 10.5 Å². The quantitative estimate of drug-likeness (QED) is 0.659. The molecule has 114 valence electrons. The number of amides is 1. The molecule has 0 bridgehead atoms. The lowest BCUT2D eigenvalue weighted by atomic mass is 10.1. The van der Waals surface area contributed by atoms with E-state index in [1.54, 1.807) is 13.8 Å². The maximum atomic E-state index is 11.8. The Bertz CT molecular complexity index is 662. The number of carbonyl (C=O) groups excluding carboxylic acids is 1. The van der Waals surface area contributed by atoms with Gasteiger partial charge < -0.3 is 10.1 Å². The monoisotopic (exact) mass is 337 g/mol. The number of carbonyl (C=O) groups is 1. The van der Waals surface area contributed by atoms with E-state index in [0.717, 1.165) is 0 Å². The number of rotatable bonds is 5. The zero-order chi connectivity index (χ0) is 16.7. The van der Waals surface area contributed by atoms with E-state index in [2.05, 4.69) is 5.32 Å². The van der Waals surface area contributed by atoms with E-state index in [9.17, 15) is 4.79 Å². The summed E-state index contributed by atoms with van der Waals surface area (Å²) in [6.45, 7) is 3.40. The summed E-state index contributed by atoms with van der Waals surface area (Å²) >= 11 is 12.1. The lowest BCUT2D eigenvalue weighted by Gasteiger charge is -2.09. The molecule has 0 aliphatic rings. The van der Waals surface area contributed by atoms with Gasteiger partial charge in [-0.3, -0.25) is 4.79 Å². The first kappa shape index (κ1) is 17.8. The Hall–Kier alpha value is -2.21. The summed E-state index contributed by atoms with van der Waals surface area (Å²) in [6, 6.07) is 6.56. The average molecular weight is 338 g/mol. The number of halogens is 2. The van der Waals surface area contributed by atoms with Crippen molar-refractivity contribution in [3.63, 3.8) is 0 Å². The van der Waals surface area contributed by atoms with Gasteiger partial charge in [-0.1, -0.05) is 23.2 Å². The van der Waals surface area contributed by atoms with Gasteiger partial charge in [0.2, 0.25) is 0 Å². The first-order valence-corrected chi connectivity index (χ1v) is 7.06. The summed E-state index contributed by atoms with van der Waals surface area (Å²) in [7, 11) is 0. The number of nitrogens with one attached hydrogen (secondary N) is 1. The number of nitriles is 2. The highest BCUT2D eigenvalue weighted by atomic mass is 35.5. The summed E-state index contributed by atoms with van der Waals surface area (Å²) in [5.74, 6) is -0.290. The zero-order valence-corrected chi connectivity index (χ0v) is 13.5. The van der Waals surface area contributed by atoms with E-state index in [-0.39, 0.29) is 34.0 Å². The molecule has 0 saturated carbocycles. The molecular formula is C15H13Cl2N3O2. The fourth-order valence-corrected chi connectivity index (χ4v) is 2.17. The van der Waals surface area contributed by atoms with Crippen molar-refractivity contribution in [3.05, 3.63) is 33.3 Å². The van der Waals surface area contributed by atoms with Gasteiger partial charge >= 0.3 is 0 Å². The van der Waals surface area contributed by atoms with Crippen molar-refractivity contribution >= 4 is 35.2 Å². The predicted octanol–water partition coefficient (Wildman–Crippen LogP) is 3.33. The van der Waals surface area contributed by atoms with Gasteiger partial charge in [-0.05, 0) is 37.6 Å². The van der Waals surface area contributed by atoms with Gasteiger partial charge in [0, 0.05) is 6.04 Å². The molecule has 1 amide bonds. The molecule has 0 spiro atoms. The molecule has 0 unspecified atom stereocenters. The molecule has 1 aromatic rings. The Balaban J connectivity index is 3.12. The minimum atomic E-state index is -0.477. The van der Waals surface area contributed by atoms with Crippen molar-refractivity contribution in [1.82, 2.24) is 5.32 Å². The summed E-state index contributed by atoms with van der Waals surface area (Å²) in [5, 5.41) is 20.6. The Morgan fingerprint density at radius 2 is 1.95 bits per heavy atom. The molecule has 0 saturated heterocycles. The molecule has 0 aliphatic carbocycles. The third-order valence-corrected chi connectivity index (χ3v) is 2.96. The molecular weight excluding hydrogens is 325 g/mol. The van der Waals surface area contributed by atoms with Gasteiger partial charge in [-0.15, -0.1) is 0 Å². The molecule has 0 aromatic heterocycles. The molecule has 1 rings (SSSR count). The van der Waals surface area contributed by atoms with Crippen molar-refractivity contribution in [2.45, 2.75) is 19.9 Å². The van der Waals surface area contributed by atoms with Crippen molar-refractivity contribution in [2.24, 2.45) is 0 Å². The van der Waals surface area contributed by atoms with E-state index < -0.39 is 5.91 Å². The van der Waals surface area contributed by atoms with Gasteiger partial charge in [0.05, 0.1) is 10.0 Å². The van der Waals surface area contributed by atoms with Crippen LogP contribution in [0.25, 0.3) is 6.08 Å². The molecule has 5 nitrogen and oxygen atoms in total. The standard InChI is InChI=1S/C15H13Cl2N3O2/c1-9(2)20-15(21)11(8-19)5-10-6-12(16)14(13(17)7-10)22-4-3-18/h5-7,9H,4H2,1-2H3,(H,20,21)/b11-5-. The van der Waals surface area contributed by atoms with Crippen molar-refractivity contribution in [3.8, 4) is 17.9 Å². The first-order chi connectivity index (χ1) is 10.4. The Kier molecular flexibility index (Phi) is 6.72. The van der Waals surface area contributed by atoms with E-state index in [1.807, 2.05) is 12.1 Å². The smallest absolute Gasteiger partial charge is 0.262 e. The number of hydrogen-bond acceptors (Lipinski definition) is 4. The third kappa shape index (κ3) is 4.96. The van der Waals surface area contributed by atoms with Crippen LogP contribution < -0.4 is 10.1 Å². The molecule has 0 radical (unpaired) electrons. The van der Waals surface area contributed by atoms with Gasteiger partial charge in [0.15, 0.2) is 12.4 Å². The minimum absolute atomic E-state index is 0.0634. The topological polar surface area (TPSA) is 85.9 Å². The van der Waals surface area contributed by atoms with E-state index >= 15 is 0 Å². The molecule has 1 N–H and O–H groups in total. The van der Waals surface area contributed by atoms with Crippen molar-refractivity contribution in [1.29, 1.82) is 10.5 Å². The van der Waals surface area contributed by atoms with Gasteiger partial charge in [0.1, 0.15) is 17.7 Å². The van der Waals surface area contributed by atoms with E-state index in [0.29, 0.717) is 5.56 Å². The third-order valence-electron chi connectivity index (χ3n) is 2.40. The molecule has 22 heavy (non-hydrogen) atoms.